The number of rotatable bonds is 7. The minimum atomic E-state index is -0.379. The zero-order valence-corrected chi connectivity index (χ0v) is 13.5. The third-order valence-electron chi connectivity index (χ3n) is 3.53. The molecule has 0 aliphatic carbocycles. The molecule has 0 aliphatic heterocycles. The Morgan fingerprint density at radius 2 is 1.83 bits per heavy atom. The number of aryl methyl sites for hydroxylation is 1. The smallest absolute Gasteiger partial charge is 0.407 e. The van der Waals surface area contributed by atoms with Gasteiger partial charge in [-0.3, -0.25) is 0 Å². The molecule has 0 radical (unpaired) electrons. The van der Waals surface area contributed by atoms with E-state index >= 15 is 0 Å². The first-order valence-electron chi connectivity index (χ1n) is 7.98. The van der Waals surface area contributed by atoms with E-state index < -0.39 is 0 Å². The van der Waals surface area contributed by atoms with Gasteiger partial charge in [0.15, 0.2) is 0 Å². The molecule has 0 unspecified atom stereocenters. The number of nitrogens with one attached hydrogen (secondary N) is 1. The van der Waals surface area contributed by atoms with Gasteiger partial charge in [-0.2, -0.15) is 0 Å². The fourth-order valence-corrected chi connectivity index (χ4v) is 2.26. The maximum atomic E-state index is 11.6. The largest absolute Gasteiger partial charge is 0.445 e. The number of hydrogen-bond acceptors (Lipinski definition) is 2. The zero-order valence-electron chi connectivity index (χ0n) is 13.5. The van der Waals surface area contributed by atoms with Crippen molar-refractivity contribution < 1.29 is 9.53 Å². The van der Waals surface area contributed by atoms with Gasteiger partial charge in [0.1, 0.15) is 6.61 Å². The summed E-state index contributed by atoms with van der Waals surface area (Å²) in [6, 6.07) is 18.0. The van der Waals surface area contributed by atoms with Crippen molar-refractivity contribution in [2.24, 2.45) is 0 Å². The Bertz CT molecular complexity index is 635. The van der Waals surface area contributed by atoms with Crippen LogP contribution in [0.2, 0.25) is 0 Å². The normalized spacial score (nSPS) is 10.7. The van der Waals surface area contributed by atoms with E-state index in [1.165, 1.54) is 11.1 Å². The van der Waals surface area contributed by atoms with Crippen molar-refractivity contribution in [2.45, 2.75) is 26.4 Å². The molecule has 23 heavy (non-hydrogen) atoms. The number of amides is 1. The Labute approximate surface area is 138 Å². The van der Waals surface area contributed by atoms with Crippen LogP contribution in [0.5, 0.6) is 0 Å². The highest BCUT2D eigenvalue weighted by atomic mass is 16.5. The Balaban J connectivity index is 1.66. The van der Waals surface area contributed by atoms with E-state index in [2.05, 4.69) is 42.6 Å². The van der Waals surface area contributed by atoms with Crippen LogP contribution in [0.3, 0.4) is 0 Å². The standard InChI is InChI=1S/C20H23NO2/c1-2-18-12-6-7-13-19(18)14-8-9-15-21-20(22)23-16-17-10-4-3-5-11-17/h3-8,10-14H,2,9,15-16H2,1H3,(H,21,22). The molecule has 1 amide bonds. The van der Waals surface area contributed by atoms with Crippen LogP contribution in [0.1, 0.15) is 30.0 Å². The summed E-state index contributed by atoms with van der Waals surface area (Å²) in [5.41, 5.74) is 3.55. The van der Waals surface area contributed by atoms with Crippen molar-refractivity contribution in [1.82, 2.24) is 5.32 Å². The lowest BCUT2D eigenvalue weighted by molar-refractivity contribution is 0.140. The molecule has 0 spiro atoms. The third kappa shape index (κ3) is 5.99. The number of benzene rings is 2. The molecule has 2 aromatic carbocycles. The lowest BCUT2D eigenvalue weighted by Gasteiger charge is -2.06. The lowest BCUT2D eigenvalue weighted by atomic mass is 10.0. The molecule has 0 saturated heterocycles. The van der Waals surface area contributed by atoms with E-state index in [-0.39, 0.29) is 6.09 Å². The molecule has 0 heterocycles. The molecule has 3 heteroatoms. The van der Waals surface area contributed by atoms with Crippen LogP contribution in [0.25, 0.3) is 6.08 Å². The monoisotopic (exact) mass is 309 g/mol. The van der Waals surface area contributed by atoms with E-state index in [0.29, 0.717) is 13.2 Å². The van der Waals surface area contributed by atoms with Crippen molar-refractivity contribution in [3.8, 4) is 0 Å². The van der Waals surface area contributed by atoms with Crippen LogP contribution >= 0.6 is 0 Å². The lowest BCUT2D eigenvalue weighted by Crippen LogP contribution is -2.24. The summed E-state index contributed by atoms with van der Waals surface area (Å²) in [5.74, 6) is 0. The van der Waals surface area contributed by atoms with Gasteiger partial charge in [-0.05, 0) is 29.5 Å². The summed E-state index contributed by atoms with van der Waals surface area (Å²) >= 11 is 0. The predicted octanol–water partition coefficient (Wildman–Crippen LogP) is 4.58. The van der Waals surface area contributed by atoms with Gasteiger partial charge >= 0.3 is 6.09 Å². The fraction of sp³-hybridized carbons (Fsp3) is 0.250. The minimum absolute atomic E-state index is 0.298. The minimum Gasteiger partial charge on any atom is -0.445 e. The zero-order chi connectivity index (χ0) is 16.3. The van der Waals surface area contributed by atoms with Gasteiger partial charge in [-0.1, -0.05) is 73.7 Å². The molecule has 0 aliphatic rings. The molecule has 3 nitrogen and oxygen atoms in total. The van der Waals surface area contributed by atoms with E-state index in [0.717, 1.165) is 18.4 Å². The quantitative estimate of drug-likeness (QED) is 0.760. The molecule has 0 saturated carbocycles. The van der Waals surface area contributed by atoms with Crippen LogP contribution in [0, 0.1) is 0 Å². The molecular formula is C20H23NO2. The molecule has 0 atom stereocenters. The average Bonchev–Trinajstić information content (AvgIpc) is 2.61. The second-order valence-corrected chi connectivity index (χ2v) is 5.23. The van der Waals surface area contributed by atoms with Crippen molar-refractivity contribution in [1.29, 1.82) is 0 Å². The van der Waals surface area contributed by atoms with Crippen LogP contribution < -0.4 is 5.32 Å². The van der Waals surface area contributed by atoms with E-state index in [4.69, 9.17) is 4.74 Å². The summed E-state index contributed by atoms with van der Waals surface area (Å²) in [5, 5.41) is 2.76. The van der Waals surface area contributed by atoms with Crippen molar-refractivity contribution in [3.05, 3.63) is 77.4 Å². The number of ether oxygens (including phenoxy) is 1. The number of carbonyl (C=O) groups is 1. The Morgan fingerprint density at radius 3 is 2.61 bits per heavy atom. The Kier molecular flexibility index (Phi) is 6.92. The number of hydrogen-bond donors (Lipinski definition) is 1. The molecule has 2 rings (SSSR count). The van der Waals surface area contributed by atoms with Crippen LogP contribution in [0.4, 0.5) is 4.79 Å². The molecule has 120 valence electrons. The van der Waals surface area contributed by atoms with E-state index in [1.807, 2.05) is 36.4 Å². The highest BCUT2D eigenvalue weighted by Crippen LogP contribution is 2.11. The molecule has 0 aromatic heterocycles. The van der Waals surface area contributed by atoms with Gasteiger partial charge in [-0.15, -0.1) is 0 Å². The van der Waals surface area contributed by atoms with E-state index in [9.17, 15) is 4.79 Å². The first-order chi connectivity index (χ1) is 11.3. The highest BCUT2D eigenvalue weighted by molar-refractivity contribution is 5.67. The van der Waals surface area contributed by atoms with Crippen LogP contribution in [-0.4, -0.2) is 12.6 Å². The molecule has 1 N–H and O–H groups in total. The second kappa shape index (κ2) is 9.46. The van der Waals surface area contributed by atoms with Gasteiger partial charge in [0.2, 0.25) is 0 Å². The molecule has 0 fully saturated rings. The molecule has 2 aromatic rings. The predicted molar refractivity (Wildman–Crippen MR) is 94.1 cm³/mol. The van der Waals surface area contributed by atoms with Gasteiger partial charge in [-0.25, -0.2) is 4.79 Å². The summed E-state index contributed by atoms with van der Waals surface area (Å²) in [6.45, 7) is 3.02. The third-order valence-corrected chi connectivity index (χ3v) is 3.53. The van der Waals surface area contributed by atoms with E-state index in [1.54, 1.807) is 0 Å². The van der Waals surface area contributed by atoms with Gasteiger partial charge in [0.05, 0.1) is 0 Å². The van der Waals surface area contributed by atoms with Crippen LogP contribution in [0.15, 0.2) is 60.7 Å². The van der Waals surface area contributed by atoms with Crippen LogP contribution in [-0.2, 0) is 17.8 Å². The fourth-order valence-electron chi connectivity index (χ4n) is 2.26. The Morgan fingerprint density at radius 1 is 1.09 bits per heavy atom. The van der Waals surface area contributed by atoms with Crippen molar-refractivity contribution >= 4 is 12.2 Å². The number of carbonyl (C=O) groups excluding carboxylic acids is 1. The van der Waals surface area contributed by atoms with Gasteiger partial charge in [0, 0.05) is 6.54 Å². The van der Waals surface area contributed by atoms with Gasteiger partial charge in [0.25, 0.3) is 0 Å². The average molecular weight is 309 g/mol. The molecule has 0 bridgehead atoms. The summed E-state index contributed by atoms with van der Waals surface area (Å²) in [7, 11) is 0. The second-order valence-electron chi connectivity index (χ2n) is 5.23. The summed E-state index contributed by atoms with van der Waals surface area (Å²) in [6.07, 6.45) is 5.60. The summed E-state index contributed by atoms with van der Waals surface area (Å²) < 4.78 is 5.16. The van der Waals surface area contributed by atoms with Crippen molar-refractivity contribution in [3.63, 3.8) is 0 Å². The molecular weight excluding hydrogens is 286 g/mol. The highest BCUT2D eigenvalue weighted by Gasteiger charge is 2.00. The van der Waals surface area contributed by atoms with Crippen molar-refractivity contribution in [2.75, 3.05) is 6.54 Å². The van der Waals surface area contributed by atoms with Gasteiger partial charge < -0.3 is 10.1 Å². The SMILES string of the molecule is CCc1ccccc1C=CCCNC(=O)OCc1ccccc1. The first-order valence-corrected chi connectivity index (χ1v) is 7.98. The maximum absolute atomic E-state index is 11.6. The topological polar surface area (TPSA) is 38.3 Å². The first kappa shape index (κ1) is 16.8. The Hall–Kier alpha value is -2.55. The number of alkyl carbamates (subject to hydrolysis) is 1. The summed E-state index contributed by atoms with van der Waals surface area (Å²) in [4.78, 5) is 11.6. The maximum Gasteiger partial charge on any atom is 0.407 e.